The molecule has 144 valence electrons. The molecule has 1 amide bonds. The largest absolute Gasteiger partial charge is 0.497 e. The number of ether oxygens (including phenoxy) is 3. The van der Waals surface area contributed by atoms with Crippen LogP contribution in [-0.2, 0) is 4.74 Å². The third-order valence-corrected chi connectivity index (χ3v) is 4.92. The zero-order valence-corrected chi connectivity index (χ0v) is 17.0. The van der Waals surface area contributed by atoms with E-state index in [2.05, 4.69) is 26.1 Å². The summed E-state index contributed by atoms with van der Waals surface area (Å²) in [6, 6.07) is 11.0. The van der Waals surface area contributed by atoms with Gasteiger partial charge in [0.1, 0.15) is 11.5 Å². The third kappa shape index (κ3) is 4.73. The first-order chi connectivity index (χ1) is 13.1. The molecule has 2 aromatic carbocycles. The first-order valence-electron chi connectivity index (χ1n) is 8.86. The second kappa shape index (κ2) is 9.10. The lowest BCUT2D eigenvalue weighted by Crippen LogP contribution is -2.36. The van der Waals surface area contributed by atoms with Gasteiger partial charge in [-0.1, -0.05) is 0 Å². The predicted molar refractivity (Wildman–Crippen MR) is 109 cm³/mol. The molecule has 0 aliphatic carbocycles. The Labute approximate surface area is 167 Å². The lowest BCUT2D eigenvalue weighted by molar-refractivity contribution is 0.102. The van der Waals surface area contributed by atoms with Crippen LogP contribution in [0.2, 0.25) is 0 Å². The average Bonchev–Trinajstić information content (AvgIpc) is 2.70. The van der Waals surface area contributed by atoms with Crippen LogP contribution in [0.15, 0.2) is 40.9 Å². The van der Waals surface area contributed by atoms with E-state index in [-0.39, 0.29) is 5.91 Å². The molecule has 0 spiro atoms. The van der Waals surface area contributed by atoms with Gasteiger partial charge in [0.25, 0.3) is 5.91 Å². The van der Waals surface area contributed by atoms with E-state index in [0.717, 1.165) is 23.2 Å². The normalized spacial score (nSPS) is 14.0. The Kier molecular flexibility index (Phi) is 6.58. The molecule has 0 aromatic heterocycles. The minimum Gasteiger partial charge on any atom is -0.497 e. The van der Waals surface area contributed by atoms with Crippen LogP contribution in [-0.4, -0.2) is 45.9 Å². The number of benzene rings is 2. The molecule has 6 nitrogen and oxygen atoms in total. The summed E-state index contributed by atoms with van der Waals surface area (Å²) in [5.41, 5.74) is 2.21. The molecule has 2 aromatic rings. The number of carbonyl (C=O) groups excluding carboxylic acids is 1. The number of hydrogen-bond donors (Lipinski definition) is 1. The van der Waals surface area contributed by atoms with E-state index >= 15 is 0 Å². The van der Waals surface area contributed by atoms with Crippen molar-refractivity contribution in [3.8, 4) is 11.5 Å². The summed E-state index contributed by atoms with van der Waals surface area (Å²) in [7, 11) is 1.61. The van der Waals surface area contributed by atoms with Crippen LogP contribution in [0.4, 0.5) is 11.4 Å². The topological polar surface area (TPSA) is 60.0 Å². The Balaban J connectivity index is 1.84. The fraction of sp³-hybridized carbons (Fsp3) is 0.350. The summed E-state index contributed by atoms with van der Waals surface area (Å²) >= 11 is 3.45. The number of amides is 1. The van der Waals surface area contributed by atoms with Crippen LogP contribution in [0.1, 0.15) is 17.3 Å². The zero-order valence-electron chi connectivity index (χ0n) is 15.5. The quantitative estimate of drug-likeness (QED) is 0.745. The number of methoxy groups -OCH3 is 1. The van der Waals surface area contributed by atoms with Crippen molar-refractivity contribution < 1.29 is 19.0 Å². The van der Waals surface area contributed by atoms with Crippen LogP contribution >= 0.6 is 15.9 Å². The van der Waals surface area contributed by atoms with Crippen molar-refractivity contribution >= 4 is 33.2 Å². The highest BCUT2D eigenvalue weighted by molar-refractivity contribution is 9.10. The van der Waals surface area contributed by atoms with Crippen LogP contribution in [0, 0.1) is 0 Å². The van der Waals surface area contributed by atoms with Gasteiger partial charge in [0.15, 0.2) is 0 Å². The van der Waals surface area contributed by atoms with E-state index in [1.165, 1.54) is 0 Å². The second-order valence-electron chi connectivity index (χ2n) is 6.01. The zero-order chi connectivity index (χ0) is 19.2. The van der Waals surface area contributed by atoms with Gasteiger partial charge in [0, 0.05) is 24.7 Å². The van der Waals surface area contributed by atoms with Gasteiger partial charge in [-0.3, -0.25) is 4.79 Å². The van der Waals surface area contributed by atoms with Gasteiger partial charge in [0.05, 0.1) is 42.8 Å². The first kappa shape index (κ1) is 19.5. The number of hydrogen-bond acceptors (Lipinski definition) is 5. The summed E-state index contributed by atoms with van der Waals surface area (Å²) in [6.45, 7) is 5.39. The van der Waals surface area contributed by atoms with E-state index in [1.807, 2.05) is 25.1 Å². The monoisotopic (exact) mass is 434 g/mol. The molecule has 1 N–H and O–H groups in total. The third-order valence-electron chi connectivity index (χ3n) is 4.30. The standard InChI is InChI=1S/C20H23BrN2O4/c1-3-27-19-7-4-14(12-16(19)21)20(24)22-17-13-15(25-2)5-6-18(17)23-8-10-26-11-9-23/h4-7,12-13H,3,8-11H2,1-2H3,(H,22,24). The first-order valence-corrected chi connectivity index (χ1v) is 9.66. The van der Waals surface area contributed by atoms with Crippen LogP contribution in [0.25, 0.3) is 0 Å². The molecule has 1 aliphatic rings. The summed E-state index contributed by atoms with van der Waals surface area (Å²) in [5.74, 6) is 1.21. The van der Waals surface area contributed by atoms with Crippen LogP contribution < -0.4 is 19.7 Å². The van der Waals surface area contributed by atoms with E-state index in [9.17, 15) is 4.79 Å². The van der Waals surface area contributed by atoms with Crippen molar-refractivity contribution in [3.05, 3.63) is 46.4 Å². The molecule has 3 rings (SSSR count). The van der Waals surface area contributed by atoms with Gasteiger partial charge in [-0.2, -0.15) is 0 Å². The highest BCUT2D eigenvalue weighted by Crippen LogP contribution is 2.32. The van der Waals surface area contributed by atoms with E-state index in [0.29, 0.717) is 42.6 Å². The van der Waals surface area contributed by atoms with Crippen molar-refractivity contribution in [2.45, 2.75) is 6.92 Å². The number of nitrogens with one attached hydrogen (secondary N) is 1. The molecular weight excluding hydrogens is 412 g/mol. The molecule has 0 radical (unpaired) electrons. The van der Waals surface area contributed by atoms with E-state index in [4.69, 9.17) is 14.2 Å². The van der Waals surface area contributed by atoms with E-state index in [1.54, 1.807) is 25.3 Å². The van der Waals surface area contributed by atoms with Gasteiger partial charge in [-0.15, -0.1) is 0 Å². The van der Waals surface area contributed by atoms with Crippen LogP contribution in [0.3, 0.4) is 0 Å². The predicted octanol–water partition coefficient (Wildman–Crippen LogP) is 3.95. The van der Waals surface area contributed by atoms with Crippen molar-refractivity contribution in [1.82, 2.24) is 0 Å². The van der Waals surface area contributed by atoms with Crippen molar-refractivity contribution in [1.29, 1.82) is 0 Å². The molecule has 27 heavy (non-hydrogen) atoms. The number of nitrogens with zero attached hydrogens (tertiary/aromatic N) is 1. The lowest BCUT2D eigenvalue weighted by atomic mass is 10.1. The fourth-order valence-corrected chi connectivity index (χ4v) is 3.42. The summed E-state index contributed by atoms with van der Waals surface area (Å²) in [5, 5.41) is 3.01. The van der Waals surface area contributed by atoms with Crippen molar-refractivity contribution in [2.75, 3.05) is 50.2 Å². The highest BCUT2D eigenvalue weighted by Gasteiger charge is 2.18. The maximum atomic E-state index is 12.8. The Morgan fingerprint density at radius 2 is 2.00 bits per heavy atom. The van der Waals surface area contributed by atoms with Crippen molar-refractivity contribution in [2.24, 2.45) is 0 Å². The minimum atomic E-state index is -0.193. The summed E-state index contributed by atoms with van der Waals surface area (Å²) in [6.07, 6.45) is 0. The molecule has 7 heteroatoms. The van der Waals surface area contributed by atoms with Crippen LogP contribution in [0.5, 0.6) is 11.5 Å². The van der Waals surface area contributed by atoms with Gasteiger partial charge < -0.3 is 24.4 Å². The maximum Gasteiger partial charge on any atom is 0.255 e. The number of anilines is 2. The molecule has 1 heterocycles. The Hall–Kier alpha value is -2.25. The molecule has 0 saturated carbocycles. The molecule has 0 bridgehead atoms. The summed E-state index contributed by atoms with van der Waals surface area (Å²) in [4.78, 5) is 15.0. The molecule has 0 atom stereocenters. The maximum absolute atomic E-state index is 12.8. The Morgan fingerprint density at radius 1 is 1.22 bits per heavy atom. The number of rotatable bonds is 6. The molecule has 0 unspecified atom stereocenters. The molecule has 1 fully saturated rings. The number of halogens is 1. The van der Waals surface area contributed by atoms with Gasteiger partial charge >= 0.3 is 0 Å². The Bertz CT molecular complexity index is 807. The minimum absolute atomic E-state index is 0.193. The highest BCUT2D eigenvalue weighted by atomic mass is 79.9. The smallest absolute Gasteiger partial charge is 0.255 e. The van der Waals surface area contributed by atoms with Gasteiger partial charge in [-0.25, -0.2) is 0 Å². The summed E-state index contributed by atoms with van der Waals surface area (Å²) < 4.78 is 17.0. The molecular formula is C20H23BrN2O4. The molecule has 1 aliphatic heterocycles. The molecule has 1 saturated heterocycles. The number of morpholine rings is 1. The second-order valence-corrected chi connectivity index (χ2v) is 6.87. The Morgan fingerprint density at radius 3 is 2.67 bits per heavy atom. The van der Waals surface area contributed by atoms with Gasteiger partial charge in [0.2, 0.25) is 0 Å². The lowest BCUT2D eigenvalue weighted by Gasteiger charge is -2.30. The van der Waals surface area contributed by atoms with Crippen molar-refractivity contribution in [3.63, 3.8) is 0 Å². The van der Waals surface area contributed by atoms with Gasteiger partial charge in [-0.05, 0) is 53.2 Å². The fourth-order valence-electron chi connectivity index (χ4n) is 2.93. The number of carbonyl (C=O) groups is 1. The SMILES string of the molecule is CCOc1ccc(C(=O)Nc2cc(OC)ccc2N2CCOCC2)cc1Br. The van der Waals surface area contributed by atoms with E-state index < -0.39 is 0 Å². The average molecular weight is 435 g/mol.